The van der Waals surface area contributed by atoms with E-state index in [1.807, 2.05) is 6.07 Å². The molecule has 0 amide bonds. The number of nitrogen functional groups attached to an aromatic ring is 1. The first kappa shape index (κ1) is 16.4. The Bertz CT molecular complexity index is 626. The SMILES string of the molecule is Nc1c(CC(=O)O)cccc1C(=O)c1ccccc1.[Na]. The molecule has 0 aliphatic heterocycles. The average Bonchev–Trinajstić information content (AvgIpc) is 2.41. The van der Waals surface area contributed by atoms with E-state index in [4.69, 9.17) is 10.8 Å². The molecule has 2 aromatic carbocycles. The van der Waals surface area contributed by atoms with Gasteiger partial charge in [0.25, 0.3) is 0 Å². The fraction of sp³-hybridized carbons (Fsp3) is 0.0667. The van der Waals surface area contributed by atoms with E-state index in [1.165, 1.54) is 0 Å². The van der Waals surface area contributed by atoms with Crippen molar-refractivity contribution < 1.29 is 14.7 Å². The minimum atomic E-state index is -0.976. The maximum absolute atomic E-state index is 12.3. The van der Waals surface area contributed by atoms with Crippen molar-refractivity contribution in [3.8, 4) is 0 Å². The van der Waals surface area contributed by atoms with Crippen molar-refractivity contribution in [1.82, 2.24) is 0 Å². The Hall–Kier alpha value is -1.62. The van der Waals surface area contributed by atoms with Crippen LogP contribution in [0.4, 0.5) is 5.69 Å². The topological polar surface area (TPSA) is 80.4 Å². The Labute approximate surface area is 138 Å². The summed E-state index contributed by atoms with van der Waals surface area (Å²) < 4.78 is 0. The van der Waals surface area contributed by atoms with Crippen LogP contribution in [0.15, 0.2) is 48.5 Å². The summed E-state index contributed by atoms with van der Waals surface area (Å²) in [6.07, 6.45) is -0.193. The number of carbonyl (C=O) groups excluding carboxylic acids is 1. The number of carboxylic acids is 1. The Morgan fingerprint density at radius 1 is 1.00 bits per heavy atom. The predicted octanol–water partition coefficient (Wildman–Crippen LogP) is 1.75. The zero-order valence-electron chi connectivity index (χ0n) is 11.2. The molecule has 0 aliphatic carbocycles. The molecule has 0 atom stereocenters. The van der Waals surface area contributed by atoms with Gasteiger partial charge in [0.15, 0.2) is 5.78 Å². The largest absolute Gasteiger partial charge is 0.481 e. The summed E-state index contributed by atoms with van der Waals surface area (Å²) >= 11 is 0. The molecular formula is C15H13NNaO3. The summed E-state index contributed by atoms with van der Waals surface area (Å²) in [6, 6.07) is 13.6. The van der Waals surface area contributed by atoms with E-state index in [9.17, 15) is 9.59 Å². The predicted molar refractivity (Wildman–Crippen MR) is 77.8 cm³/mol. The molecule has 0 unspecified atom stereocenters. The fourth-order valence-electron chi connectivity index (χ4n) is 1.87. The van der Waals surface area contributed by atoms with E-state index in [0.29, 0.717) is 16.7 Å². The molecule has 4 nitrogen and oxygen atoms in total. The monoisotopic (exact) mass is 278 g/mol. The van der Waals surface area contributed by atoms with Crippen molar-refractivity contribution in [2.24, 2.45) is 0 Å². The molecule has 0 aromatic heterocycles. The molecule has 0 aliphatic rings. The van der Waals surface area contributed by atoms with Gasteiger partial charge in [-0.1, -0.05) is 42.5 Å². The van der Waals surface area contributed by atoms with E-state index in [0.717, 1.165) is 0 Å². The smallest absolute Gasteiger partial charge is 0.307 e. The normalized spacial score (nSPS) is 9.60. The van der Waals surface area contributed by atoms with Crippen molar-refractivity contribution in [1.29, 1.82) is 0 Å². The molecule has 0 saturated carbocycles. The Kier molecular flexibility index (Phi) is 5.95. The Balaban J connectivity index is 0.00000200. The minimum Gasteiger partial charge on any atom is -0.481 e. The standard InChI is InChI=1S/C15H13NO3.Na/c16-14-11(9-13(17)18)7-4-8-12(14)15(19)10-5-2-1-3-6-10;/h1-8H,9,16H2,(H,17,18);. The number of carbonyl (C=O) groups is 2. The first-order valence-electron chi connectivity index (χ1n) is 5.78. The average molecular weight is 278 g/mol. The van der Waals surface area contributed by atoms with Crippen LogP contribution in [0.2, 0.25) is 0 Å². The number of hydrogen-bond donors (Lipinski definition) is 2. The van der Waals surface area contributed by atoms with E-state index < -0.39 is 5.97 Å². The van der Waals surface area contributed by atoms with Crippen LogP contribution in [0.3, 0.4) is 0 Å². The second-order valence-corrected chi connectivity index (χ2v) is 4.14. The number of anilines is 1. The van der Waals surface area contributed by atoms with Gasteiger partial charge in [0.05, 0.1) is 6.42 Å². The summed E-state index contributed by atoms with van der Waals surface area (Å²) in [5.74, 6) is -1.18. The van der Waals surface area contributed by atoms with Gasteiger partial charge in [0, 0.05) is 46.4 Å². The third kappa shape index (κ3) is 3.70. The number of carboxylic acid groups (broad SMARTS) is 1. The molecule has 0 spiro atoms. The van der Waals surface area contributed by atoms with Crippen LogP contribution in [-0.2, 0) is 11.2 Å². The van der Waals surface area contributed by atoms with Crippen molar-refractivity contribution in [3.63, 3.8) is 0 Å². The van der Waals surface area contributed by atoms with Crippen molar-refractivity contribution >= 4 is 47.0 Å². The molecule has 5 heteroatoms. The number of hydrogen-bond acceptors (Lipinski definition) is 3. The summed E-state index contributed by atoms with van der Waals surface area (Å²) in [7, 11) is 0. The van der Waals surface area contributed by atoms with Crippen LogP contribution in [0.5, 0.6) is 0 Å². The van der Waals surface area contributed by atoms with Gasteiger partial charge in [0.1, 0.15) is 0 Å². The Morgan fingerprint density at radius 3 is 2.25 bits per heavy atom. The maximum atomic E-state index is 12.3. The van der Waals surface area contributed by atoms with Crippen LogP contribution in [0, 0.1) is 0 Å². The molecule has 0 heterocycles. The molecule has 2 rings (SSSR count). The second-order valence-electron chi connectivity index (χ2n) is 4.14. The molecule has 20 heavy (non-hydrogen) atoms. The van der Waals surface area contributed by atoms with Crippen LogP contribution < -0.4 is 5.73 Å². The number of benzene rings is 2. The number of para-hydroxylation sites is 1. The number of aliphatic carboxylic acids is 1. The summed E-state index contributed by atoms with van der Waals surface area (Å²) in [6.45, 7) is 0. The molecule has 0 saturated heterocycles. The molecule has 0 bridgehead atoms. The van der Waals surface area contributed by atoms with E-state index >= 15 is 0 Å². The van der Waals surface area contributed by atoms with Crippen molar-refractivity contribution in [3.05, 3.63) is 65.2 Å². The van der Waals surface area contributed by atoms with Crippen LogP contribution in [0.1, 0.15) is 21.5 Å². The zero-order valence-corrected chi connectivity index (χ0v) is 13.2. The molecule has 3 N–H and O–H groups in total. The molecule has 97 valence electrons. The van der Waals surface area contributed by atoms with Gasteiger partial charge >= 0.3 is 5.97 Å². The van der Waals surface area contributed by atoms with Gasteiger partial charge in [-0.05, 0) is 11.6 Å². The first-order chi connectivity index (χ1) is 9.09. The summed E-state index contributed by atoms with van der Waals surface area (Å²) in [5, 5.41) is 8.80. The van der Waals surface area contributed by atoms with Gasteiger partial charge in [-0.3, -0.25) is 9.59 Å². The molecule has 1 radical (unpaired) electrons. The van der Waals surface area contributed by atoms with Gasteiger partial charge in [-0.15, -0.1) is 0 Å². The first-order valence-corrected chi connectivity index (χ1v) is 5.78. The van der Waals surface area contributed by atoms with E-state index in [1.54, 1.807) is 42.5 Å². The van der Waals surface area contributed by atoms with E-state index in [2.05, 4.69) is 0 Å². The quantitative estimate of drug-likeness (QED) is 0.507. The number of rotatable bonds is 4. The van der Waals surface area contributed by atoms with Gasteiger partial charge in [-0.25, -0.2) is 0 Å². The number of nitrogens with two attached hydrogens (primary N) is 1. The zero-order chi connectivity index (χ0) is 13.8. The van der Waals surface area contributed by atoms with Crippen LogP contribution in [0.25, 0.3) is 0 Å². The van der Waals surface area contributed by atoms with Crippen LogP contribution in [-0.4, -0.2) is 46.4 Å². The van der Waals surface area contributed by atoms with Crippen molar-refractivity contribution in [2.75, 3.05) is 5.73 Å². The fourth-order valence-corrected chi connectivity index (χ4v) is 1.87. The summed E-state index contributed by atoms with van der Waals surface area (Å²) in [4.78, 5) is 23.0. The van der Waals surface area contributed by atoms with Crippen molar-refractivity contribution in [2.45, 2.75) is 6.42 Å². The molecular weight excluding hydrogens is 265 g/mol. The third-order valence-corrected chi connectivity index (χ3v) is 2.82. The Morgan fingerprint density at radius 2 is 1.65 bits per heavy atom. The van der Waals surface area contributed by atoms with Crippen LogP contribution >= 0.6 is 0 Å². The third-order valence-electron chi connectivity index (χ3n) is 2.82. The number of ketones is 1. The van der Waals surface area contributed by atoms with Gasteiger partial charge in [0.2, 0.25) is 0 Å². The molecule has 2 aromatic rings. The van der Waals surface area contributed by atoms with E-state index in [-0.39, 0.29) is 47.4 Å². The second kappa shape index (κ2) is 7.24. The summed E-state index contributed by atoms with van der Waals surface area (Å²) in [5.41, 5.74) is 7.44. The minimum absolute atomic E-state index is 0. The van der Waals surface area contributed by atoms with Gasteiger partial charge in [-0.2, -0.15) is 0 Å². The molecule has 0 fully saturated rings. The van der Waals surface area contributed by atoms with Gasteiger partial charge < -0.3 is 10.8 Å². The maximum Gasteiger partial charge on any atom is 0.307 e.